The normalized spacial score (nSPS) is 9.92. The van der Waals surface area contributed by atoms with Crippen molar-refractivity contribution in [1.82, 2.24) is 30.7 Å². The molecule has 0 radical (unpaired) electrons. The predicted molar refractivity (Wildman–Crippen MR) is 35.9 cm³/mol. The molecular weight excluding hydrogens is 172 g/mol. The van der Waals surface area contributed by atoms with E-state index in [0.29, 0.717) is 5.82 Å². The lowest BCUT2D eigenvalue weighted by Crippen LogP contribution is -2.44. The molecule has 0 spiro atoms. The highest BCUT2D eigenvalue weighted by molar-refractivity contribution is 4.93. The van der Waals surface area contributed by atoms with E-state index in [-0.39, 0.29) is 0 Å². The summed E-state index contributed by atoms with van der Waals surface area (Å²) in [6.07, 6.45) is 4.32. The monoisotopic (exact) mass is 178 g/mol. The molecule has 0 aliphatic rings. The van der Waals surface area contributed by atoms with Crippen LogP contribution in [0.25, 0.3) is 5.82 Å². The summed E-state index contributed by atoms with van der Waals surface area (Å²) in [5.41, 5.74) is 0. The molecule has 0 fully saturated rings. The molecule has 2 aromatic rings. The standard InChI is InChI=1S/C5H6N8/c1-12-8-2-5(9-11-12)13-4-6-3-7-10-13/h2-4H,1H3/q+2. The van der Waals surface area contributed by atoms with Crippen LogP contribution in [0.5, 0.6) is 0 Å². The van der Waals surface area contributed by atoms with Gasteiger partial charge >= 0.3 is 5.82 Å². The summed E-state index contributed by atoms with van der Waals surface area (Å²) in [6.45, 7) is 0. The van der Waals surface area contributed by atoms with Crippen LogP contribution in [0, 0.1) is 0 Å². The average Bonchev–Trinajstić information content (AvgIpc) is 2.20. The van der Waals surface area contributed by atoms with Gasteiger partial charge in [0.25, 0.3) is 6.33 Å². The van der Waals surface area contributed by atoms with Gasteiger partial charge in [0.15, 0.2) is 0 Å². The molecule has 8 heteroatoms. The van der Waals surface area contributed by atoms with Gasteiger partial charge in [0.2, 0.25) is 6.33 Å². The van der Waals surface area contributed by atoms with Crippen molar-refractivity contribution in [2.45, 2.75) is 0 Å². The smallest absolute Gasteiger partial charge is 0.113 e. The molecule has 2 rings (SSSR count). The van der Waals surface area contributed by atoms with Crippen LogP contribution in [0.15, 0.2) is 18.9 Å². The number of nitrogens with zero attached hydrogens (tertiary/aromatic N) is 8. The molecule has 0 unspecified atom stereocenters. The zero-order chi connectivity index (χ0) is 9.10. The van der Waals surface area contributed by atoms with E-state index < -0.39 is 0 Å². The molecule has 0 saturated carbocycles. The predicted octanol–water partition coefficient (Wildman–Crippen LogP) is -2.84. The third-order valence-electron chi connectivity index (χ3n) is 1.29. The molecule has 0 atom stereocenters. The minimum Gasteiger partial charge on any atom is -0.113 e. The fourth-order valence-electron chi connectivity index (χ4n) is 0.729. The van der Waals surface area contributed by atoms with E-state index >= 15 is 0 Å². The van der Waals surface area contributed by atoms with Gasteiger partial charge in [-0.05, 0) is 9.90 Å². The maximum atomic E-state index is 3.88. The zero-order valence-electron chi connectivity index (χ0n) is 6.81. The quantitative estimate of drug-likeness (QED) is 0.437. The second-order valence-electron chi connectivity index (χ2n) is 2.21. The summed E-state index contributed by atoms with van der Waals surface area (Å²) < 4.78 is 1.38. The minimum absolute atomic E-state index is 0.471. The molecule has 0 bridgehead atoms. The van der Waals surface area contributed by atoms with E-state index in [2.05, 4.69) is 30.7 Å². The van der Waals surface area contributed by atoms with Crippen LogP contribution in [0.4, 0.5) is 0 Å². The zero-order valence-corrected chi connectivity index (χ0v) is 6.81. The summed E-state index contributed by atoms with van der Waals surface area (Å²) in [5.74, 6) is 0.471. The van der Waals surface area contributed by atoms with Crippen molar-refractivity contribution in [3.05, 3.63) is 18.9 Å². The lowest BCUT2D eigenvalue weighted by Gasteiger charge is -1.89. The van der Waals surface area contributed by atoms with E-state index in [1.807, 2.05) is 0 Å². The van der Waals surface area contributed by atoms with Gasteiger partial charge in [-0.25, -0.2) is 0 Å². The first-order valence-electron chi connectivity index (χ1n) is 3.47. The molecule has 0 amide bonds. The highest BCUT2D eigenvalue weighted by Gasteiger charge is 2.07. The average molecular weight is 178 g/mol. The Kier molecular flexibility index (Phi) is 1.79. The lowest BCUT2D eigenvalue weighted by molar-refractivity contribution is -0.794. The van der Waals surface area contributed by atoms with E-state index in [4.69, 9.17) is 0 Å². The molecular formula is C5H6N8+2. The van der Waals surface area contributed by atoms with Gasteiger partial charge in [0.05, 0.1) is 0 Å². The number of aryl methyl sites for hydroxylation is 1. The van der Waals surface area contributed by atoms with Crippen molar-refractivity contribution in [2.24, 2.45) is 7.05 Å². The molecule has 2 heterocycles. The summed E-state index contributed by atoms with van der Waals surface area (Å²) >= 11 is 0. The van der Waals surface area contributed by atoms with Gasteiger partial charge in [0, 0.05) is 10.3 Å². The first-order valence-corrected chi connectivity index (χ1v) is 3.47. The van der Waals surface area contributed by atoms with Gasteiger partial charge in [-0.15, -0.1) is 4.98 Å². The Bertz CT molecular complexity index is 383. The van der Waals surface area contributed by atoms with Crippen LogP contribution < -0.4 is 9.48 Å². The largest absolute Gasteiger partial charge is 0.307 e. The topological polar surface area (TPSA) is 85.1 Å². The second kappa shape index (κ2) is 3.09. The fraction of sp³-hybridized carbons (Fsp3) is 0.200. The van der Waals surface area contributed by atoms with Gasteiger partial charge < -0.3 is 0 Å². The Morgan fingerprint density at radius 2 is 2.23 bits per heavy atom. The molecule has 2 aromatic heterocycles. The third-order valence-corrected chi connectivity index (χ3v) is 1.29. The Morgan fingerprint density at radius 3 is 2.85 bits per heavy atom. The summed E-state index contributed by atoms with van der Waals surface area (Å²) in [6, 6.07) is 0. The Hall–Kier alpha value is -2.12. The lowest BCUT2D eigenvalue weighted by atomic mass is 10.7. The molecule has 64 valence electrons. The number of hydrogen-bond donors (Lipinski definition) is 0. The van der Waals surface area contributed by atoms with Crippen molar-refractivity contribution in [2.75, 3.05) is 0 Å². The van der Waals surface area contributed by atoms with Crippen LogP contribution in [0.1, 0.15) is 0 Å². The maximum absolute atomic E-state index is 3.88. The minimum atomic E-state index is 0.471. The first kappa shape index (κ1) is 7.53. The van der Waals surface area contributed by atoms with Crippen molar-refractivity contribution >= 4 is 0 Å². The molecule has 0 saturated heterocycles. The third kappa shape index (κ3) is 1.55. The molecule has 0 N–H and O–H groups in total. The van der Waals surface area contributed by atoms with E-state index in [1.165, 1.54) is 28.3 Å². The number of hydrogen-bond acceptors (Lipinski definition) is 6. The van der Waals surface area contributed by atoms with Crippen LogP contribution in [-0.2, 0) is 7.05 Å². The van der Waals surface area contributed by atoms with Crippen molar-refractivity contribution in [1.29, 1.82) is 0 Å². The molecule has 13 heavy (non-hydrogen) atoms. The Morgan fingerprint density at radius 1 is 1.31 bits per heavy atom. The first-order chi connectivity index (χ1) is 6.36. The van der Waals surface area contributed by atoms with Crippen molar-refractivity contribution in [3.63, 3.8) is 0 Å². The highest BCUT2D eigenvalue weighted by Crippen LogP contribution is 1.78. The Balaban J connectivity index is 2.42. The summed E-state index contributed by atoms with van der Waals surface area (Å²) in [5, 5.41) is 18.7. The van der Waals surface area contributed by atoms with E-state index in [0.717, 1.165) is 0 Å². The van der Waals surface area contributed by atoms with Crippen LogP contribution in [0.3, 0.4) is 0 Å². The van der Waals surface area contributed by atoms with Crippen molar-refractivity contribution < 1.29 is 9.48 Å². The van der Waals surface area contributed by atoms with E-state index in [9.17, 15) is 0 Å². The maximum Gasteiger partial charge on any atom is 0.307 e. The number of rotatable bonds is 1. The van der Waals surface area contributed by atoms with Gasteiger partial charge in [0.1, 0.15) is 18.5 Å². The van der Waals surface area contributed by atoms with Crippen LogP contribution >= 0.6 is 0 Å². The molecule has 0 aliphatic heterocycles. The Labute approximate surface area is 72.9 Å². The molecule has 0 aliphatic carbocycles. The SMILES string of the molecule is C[n+]1ncc(-[n+]2cncnn2)nn1. The second-order valence-corrected chi connectivity index (χ2v) is 2.21. The highest BCUT2D eigenvalue weighted by atomic mass is 15.6. The summed E-state index contributed by atoms with van der Waals surface area (Å²) in [7, 11) is 1.68. The van der Waals surface area contributed by atoms with Gasteiger partial charge in [-0.3, -0.25) is 0 Å². The van der Waals surface area contributed by atoms with Gasteiger partial charge in [-0.2, -0.15) is 0 Å². The molecule has 8 nitrogen and oxygen atoms in total. The number of aromatic nitrogens is 8. The van der Waals surface area contributed by atoms with Crippen molar-refractivity contribution in [3.8, 4) is 5.82 Å². The fourth-order valence-corrected chi connectivity index (χ4v) is 0.729. The summed E-state index contributed by atoms with van der Waals surface area (Å²) in [4.78, 5) is 5.11. The van der Waals surface area contributed by atoms with E-state index in [1.54, 1.807) is 7.05 Å². The van der Waals surface area contributed by atoms with Gasteiger partial charge in [-0.1, -0.05) is 9.78 Å². The molecule has 0 aromatic carbocycles. The van der Waals surface area contributed by atoms with Crippen LogP contribution in [-0.4, -0.2) is 30.7 Å². The van der Waals surface area contributed by atoms with Crippen LogP contribution in [0.2, 0.25) is 0 Å².